The molecule has 204 valence electrons. The van der Waals surface area contributed by atoms with Crippen LogP contribution in [0.4, 0.5) is 0 Å². The molecule has 6 nitrogen and oxygen atoms in total. The van der Waals surface area contributed by atoms with Crippen LogP contribution in [0, 0.1) is 5.92 Å². The summed E-state index contributed by atoms with van der Waals surface area (Å²) < 4.78 is 5.27. The first kappa shape index (κ1) is 27.6. The van der Waals surface area contributed by atoms with Crippen molar-refractivity contribution in [1.29, 1.82) is 0 Å². The van der Waals surface area contributed by atoms with Crippen LogP contribution in [0.3, 0.4) is 0 Å². The minimum Gasteiger partial charge on any atom is -0.466 e. The molecule has 1 aromatic heterocycles. The molecule has 1 amide bonds. The first-order valence-corrected chi connectivity index (χ1v) is 14.4. The SMILES string of the molecule is CCOC(=O)[C@@H]1CCCN(C2CCN(C(=O)c3cc(-c4ccc(Cl)cc4)nc(-c4ccc(Cl)cc4)c3)CC2)C1. The summed E-state index contributed by atoms with van der Waals surface area (Å²) in [7, 11) is 0. The second-order valence-corrected chi connectivity index (χ2v) is 11.1. The summed E-state index contributed by atoms with van der Waals surface area (Å²) in [6, 6.07) is 19.1. The fourth-order valence-electron chi connectivity index (χ4n) is 5.60. The molecule has 0 unspecified atom stereocenters. The molecule has 1 atom stereocenters. The van der Waals surface area contributed by atoms with E-state index in [0.717, 1.165) is 61.3 Å². The van der Waals surface area contributed by atoms with Crippen molar-refractivity contribution in [2.24, 2.45) is 5.92 Å². The second-order valence-electron chi connectivity index (χ2n) is 10.2. The van der Waals surface area contributed by atoms with E-state index < -0.39 is 0 Å². The van der Waals surface area contributed by atoms with E-state index >= 15 is 0 Å². The maximum atomic E-state index is 13.8. The number of rotatable bonds is 6. The smallest absolute Gasteiger partial charge is 0.310 e. The summed E-state index contributed by atoms with van der Waals surface area (Å²) in [5, 5.41) is 1.29. The Labute approximate surface area is 239 Å². The third-order valence-corrected chi connectivity index (χ3v) is 8.20. The third-order valence-electron chi connectivity index (χ3n) is 7.69. The van der Waals surface area contributed by atoms with Gasteiger partial charge >= 0.3 is 5.97 Å². The summed E-state index contributed by atoms with van der Waals surface area (Å²) in [5.41, 5.74) is 3.83. The largest absolute Gasteiger partial charge is 0.466 e. The molecule has 39 heavy (non-hydrogen) atoms. The maximum Gasteiger partial charge on any atom is 0.310 e. The van der Waals surface area contributed by atoms with Gasteiger partial charge in [-0.3, -0.25) is 14.5 Å². The number of halogens is 2. The van der Waals surface area contributed by atoms with E-state index in [9.17, 15) is 9.59 Å². The van der Waals surface area contributed by atoms with Crippen molar-refractivity contribution in [2.45, 2.75) is 38.6 Å². The lowest BCUT2D eigenvalue weighted by Crippen LogP contribution is -2.50. The van der Waals surface area contributed by atoms with Crippen LogP contribution in [0.1, 0.15) is 43.0 Å². The van der Waals surface area contributed by atoms with Crippen molar-refractivity contribution in [3.8, 4) is 22.5 Å². The van der Waals surface area contributed by atoms with Crippen LogP contribution >= 0.6 is 23.2 Å². The van der Waals surface area contributed by atoms with Crippen LogP contribution in [0.5, 0.6) is 0 Å². The second kappa shape index (κ2) is 12.5. The highest BCUT2D eigenvalue weighted by Gasteiger charge is 2.33. The number of likely N-dealkylation sites (tertiary alicyclic amines) is 2. The number of esters is 1. The molecule has 0 saturated carbocycles. The van der Waals surface area contributed by atoms with Crippen molar-refractivity contribution in [2.75, 3.05) is 32.8 Å². The van der Waals surface area contributed by atoms with Gasteiger partial charge < -0.3 is 9.64 Å². The van der Waals surface area contributed by atoms with Gasteiger partial charge in [0, 0.05) is 52.4 Å². The maximum absolute atomic E-state index is 13.8. The Kier molecular flexibility index (Phi) is 8.85. The van der Waals surface area contributed by atoms with Crippen molar-refractivity contribution < 1.29 is 14.3 Å². The molecule has 0 aliphatic carbocycles. The van der Waals surface area contributed by atoms with Crippen LogP contribution in [0.25, 0.3) is 22.5 Å². The lowest BCUT2D eigenvalue weighted by Gasteiger charge is -2.41. The van der Waals surface area contributed by atoms with Gasteiger partial charge in [-0.1, -0.05) is 47.5 Å². The molecule has 2 aliphatic rings. The lowest BCUT2D eigenvalue weighted by molar-refractivity contribution is -0.150. The van der Waals surface area contributed by atoms with Crippen LogP contribution in [-0.4, -0.2) is 65.5 Å². The van der Waals surface area contributed by atoms with Gasteiger partial charge in [-0.2, -0.15) is 0 Å². The van der Waals surface area contributed by atoms with Crippen molar-refractivity contribution in [1.82, 2.24) is 14.8 Å². The topological polar surface area (TPSA) is 62.7 Å². The molecule has 2 aromatic carbocycles. The van der Waals surface area contributed by atoms with Gasteiger partial charge in [-0.15, -0.1) is 0 Å². The molecule has 8 heteroatoms. The lowest BCUT2D eigenvalue weighted by atomic mass is 9.93. The zero-order valence-electron chi connectivity index (χ0n) is 22.1. The highest BCUT2D eigenvalue weighted by Crippen LogP contribution is 2.29. The molecule has 2 aliphatic heterocycles. The number of ether oxygens (including phenoxy) is 1. The molecule has 0 spiro atoms. The Morgan fingerprint density at radius 1 is 0.872 bits per heavy atom. The van der Waals surface area contributed by atoms with Crippen LogP contribution in [-0.2, 0) is 9.53 Å². The van der Waals surface area contributed by atoms with E-state index in [0.29, 0.717) is 41.3 Å². The van der Waals surface area contributed by atoms with Gasteiger partial charge in [0.25, 0.3) is 5.91 Å². The van der Waals surface area contributed by atoms with Gasteiger partial charge in [-0.25, -0.2) is 4.98 Å². The number of hydrogen-bond donors (Lipinski definition) is 0. The average Bonchev–Trinajstić information content (AvgIpc) is 2.97. The number of carbonyl (C=O) groups is 2. The summed E-state index contributed by atoms with van der Waals surface area (Å²) in [4.78, 5) is 35.3. The number of aromatic nitrogens is 1. The minimum atomic E-state index is -0.0829. The normalized spacial score (nSPS) is 18.6. The van der Waals surface area contributed by atoms with E-state index in [1.165, 1.54) is 0 Å². The van der Waals surface area contributed by atoms with Crippen LogP contribution in [0.2, 0.25) is 10.0 Å². The van der Waals surface area contributed by atoms with Crippen molar-refractivity contribution >= 4 is 35.1 Å². The van der Waals surface area contributed by atoms with E-state index in [-0.39, 0.29) is 17.8 Å². The van der Waals surface area contributed by atoms with Gasteiger partial charge in [-0.05, 0) is 75.5 Å². The Morgan fingerprint density at radius 2 is 1.44 bits per heavy atom. The number of hydrogen-bond acceptors (Lipinski definition) is 5. The van der Waals surface area contributed by atoms with E-state index in [4.69, 9.17) is 32.9 Å². The van der Waals surface area contributed by atoms with Crippen molar-refractivity contribution in [3.63, 3.8) is 0 Å². The molecule has 3 aromatic rings. The highest BCUT2D eigenvalue weighted by atomic mass is 35.5. The number of carbonyl (C=O) groups excluding carboxylic acids is 2. The Bertz CT molecular complexity index is 1240. The summed E-state index contributed by atoms with van der Waals surface area (Å²) in [6.07, 6.45) is 3.67. The van der Waals surface area contributed by atoms with Crippen molar-refractivity contribution in [3.05, 3.63) is 76.3 Å². The average molecular weight is 567 g/mol. The summed E-state index contributed by atoms with van der Waals surface area (Å²) in [6.45, 7) is 5.37. The van der Waals surface area contributed by atoms with E-state index in [1.54, 1.807) is 0 Å². The van der Waals surface area contributed by atoms with Gasteiger partial charge in [0.05, 0.1) is 23.9 Å². The molecule has 0 bridgehead atoms. The van der Waals surface area contributed by atoms with E-state index in [2.05, 4.69) is 4.90 Å². The third kappa shape index (κ3) is 6.63. The van der Waals surface area contributed by atoms with Gasteiger partial charge in [0.2, 0.25) is 0 Å². The van der Waals surface area contributed by atoms with Gasteiger partial charge in [0.15, 0.2) is 0 Å². The fraction of sp³-hybridized carbons (Fsp3) is 0.387. The first-order chi connectivity index (χ1) is 18.9. The van der Waals surface area contributed by atoms with E-state index in [1.807, 2.05) is 72.5 Å². The Balaban J connectivity index is 1.33. The zero-order valence-corrected chi connectivity index (χ0v) is 23.6. The molecular weight excluding hydrogens is 533 g/mol. The molecule has 2 saturated heterocycles. The molecule has 3 heterocycles. The molecule has 0 N–H and O–H groups in total. The Hall–Kier alpha value is -2.93. The predicted octanol–water partition coefficient (Wildman–Crippen LogP) is 6.60. The quantitative estimate of drug-likeness (QED) is 0.315. The number of pyridine rings is 1. The highest BCUT2D eigenvalue weighted by molar-refractivity contribution is 6.30. The number of benzene rings is 2. The summed E-state index contributed by atoms with van der Waals surface area (Å²) in [5.74, 6) is -0.127. The molecule has 5 rings (SSSR count). The zero-order chi connectivity index (χ0) is 27.4. The standard InChI is InChI=1S/C31H33Cl2N3O3/c1-2-39-31(38)23-4-3-15-36(20-23)27-13-16-35(17-14-27)30(37)24-18-28(21-5-9-25(32)10-6-21)34-29(19-24)22-7-11-26(33)12-8-22/h5-12,18-19,23,27H,2-4,13-17,20H2,1H3/t23-/m1/s1. The monoisotopic (exact) mass is 565 g/mol. The van der Waals surface area contributed by atoms with Crippen LogP contribution in [0.15, 0.2) is 60.7 Å². The molecular formula is C31H33Cl2N3O3. The number of piperidine rings is 2. The first-order valence-electron chi connectivity index (χ1n) is 13.6. The van der Waals surface area contributed by atoms with Crippen LogP contribution < -0.4 is 0 Å². The predicted molar refractivity (Wildman–Crippen MR) is 155 cm³/mol. The minimum absolute atomic E-state index is 0.00400. The Morgan fingerprint density at radius 3 is 1.97 bits per heavy atom. The summed E-state index contributed by atoms with van der Waals surface area (Å²) >= 11 is 12.2. The number of amides is 1. The molecule has 0 radical (unpaired) electrons. The van der Waals surface area contributed by atoms with Gasteiger partial charge in [0.1, 0.15) is 0 Å². The fourth-order valence-corrected chi connectivity index (χ4v) is 5.85. The number of nitrogens with zero attached hydrogens (tertiary/aromatic N) is 3. The molecule has 2 fully saturated rings.